The second kappa shape index (κ2) is 21.1. The zero-order valence-corrected chi connectivity index (χ0v) is 47.8. The van der Waals surface area contributed by atoms with Gasteiger partial charge in [0.1, 0.15) is 5.58 Å². The number of fused-ring (bicyclic) bond motifs is 8. The van der Waals surface area contributed by atoms with Crippen molar-refractivity contribution in [3.8, 4) is 113 Å². The zero-order chi connectivity index (χ0) is 58.1. The van der Waals surface area contributed by atoms with Crippen LogP contribution in [0, 0.1) is 0 Å². The molecule has 6 heterocycles. The predicted octanol–water partition coefficient (Wildman–Crippen LogP) is 20.1. The maximum Gasteiger partial charge on any atom is 0.228 e. The van der Waals surface area contributed by atoms with Crippen LogP contribution in [0.5, 0.6) is 0 Å². The Hall–Kier alpha value is -11.7. The van der Waals surface area contributed by atoms with Crippen LogP contribution >= 0.6 is 11.3 Å². The average molecular weight is 1140 g/mol. The number of rotatable bonds is 10. The number of pyridine rings is 2. The standard InChI is InChI=1S/C78H46N8OS/c1-4-17-48(18-5-1)72-81-73(49-19-6-2-7-20-49)84-76(83-72)58-27-15-24-53(42-58)52-23-14-26-57(41-52)69-61-39-37-56(45-65(61)80-78-70(69)62-29-10-12-31-66(62)87-78)54-25-16-28-59(43-54)77-85-74(50-21-8-3-9-22-50)82-75(86-77)51-35-33-47(34-36-51)55-38-40-64-60(44-55)46-68-71(79-64)63-30-11-13-32-67(63)88-68/h1-46H. The quantitative estimate of drug-likeness (QED) is 0.132. The van der Waals surface area contributed by atoms with Gasteiger partial charge in [0, 0.05) is 65.2 Å². The summed E-state index contributed by atoms with van der Waals surface area (Å²) in [4.78, 5) is 40.8. The average Bonchev–Trinajstić information content (AvgIpc) is 1.93. The molecule has 0 bridgehead atoms. The van der Waals surface area contributed by atoms with E-state index in [1.54, 1.807) is 11.3 Å². The summed E-state index contributed by atoms with van der Waals surface area (Å²) in [5.74, 6) is 3.58. The summed E-state index contributed by atoms with van der Waals surface area (Å²) in [6.07, 6.45) is 0. The fourth-order valence-corrected chi connectivity index (χ4v) is 13.1. The van der Waals surface area contributed by atoms with E-state index in [9.17, 15) is 0 Å². The molecular weight excluding hydrogens is 1100 g/mol. The van der Waals surface area contributed by atoms with Gasteiger partial charge in [-0.1, -0.05) is 224 Å². The van der Waals surface area contributed by atoms with Crippen molar-refractivity contribution < 1.29 is 4.42 Å². The third-order valence-electron chi connectivity index (χ3n) is 16.4. The van der Waals surface area contributed by atoms with E-state index >= 15 is 0 Å². The number of hydrogen-bond acceptors (Lipinski definition) is 10. The largest absolute Gasteiger partial charge is 0.438 e. The van der Waals surface area contributed by atoms with Gasteiger partial charge in [-0.15, -0.1) is 11.3 Å². The maximum absolute atomic E-state index is 6.61. The lowest BCUT2D eigenvalue weighted by atomic mass is 9.92. The van der Waals surface area contributed by atoms with E-state index in [1.165, 1.54) is 14.8 Å². The van der Waals surface area contributed by atoms with Crippen LogP contribution in [0.15, 0.2) is 283 Å². The topological polar surface area (TPSA) is 116 Å². The minimum absolute atomic E-state index is 0.571. The molecule has 17 rings (SSSR count). The van der Waals surface area contributed by atoms with Gasteiger partial charge >= 0.3 is 0 Å². The molecule has 6 aromatic heterocycles. The van der Waals surface area contributed by atoms with Gasteiger partial charge in [-0.25, -0.2) is 39.9 Å². The first-order valence-electron chi connectivity index (χ1n) is 29.1. The van der Waals surface area contributed by atoms with Gasteiger partial charge < -0.3 is 4.42 Å². The molecule has 0 saturated heterocycles. The Bertz CT molecular complexity index is 5520. The Morgan fingerprint density at radius 3 is 1.28 bits per heavy atom. The van der Waals surface area contributed by atoms with E-state index in [4.69, 9.17) is 44.3 Å². The molecule has 0 aliphatic carbocycles. The van der Waals surface area contributed by atoms with Gasteiger partial charge in [0.2, 0.25) is 5.71 Å². The smallest absolute Gasteiger partial charge is 0.228 e. The molecule has 410 valence electrons. The van der Waals surface area contributed by atoms with Crippen molar-refractivity contribution in [3.63, 3.8) is 0 Å². The van der Waals surface area contributed by atoms with Gasteiger partial charge in [0.05, 0.1) is 26.6 Å². The second-order valence-electron chi connectivity index (χ2n) is 21.9. The number of nitrogens with zero attached hydrogens (tertiary/aromatic N) is 8. The SMILES string of the molecule is c1ccc(-c2nc(-c3ccccc3)nc(-c3cccc(-c4cccc(-c5c6ccc(-c7cccc(-c8nc(-c9ccccc9)nc(-c9ccc(-c%10ccc%11nc%12c(cc%11c%10)sc%10ccccc%10%12)cc9)n8)c7)cc6nc6oc7ccccc7c56)c4)c3)n2)cc1. The van der Waals surface area contributed by atoms with Gasteiger partial charge in [-0.2, -0.15) is 0 Å². The Morgan fingerprint density at radius 1 is 0.250 bits per heavy atom. The highest BCUT2D eigenvalue weighted by atomic mass is 32.1. The van der Waals surface area contributed by atoms with Crippen molar-refractivity contribution in [3.05, 3.63) is 279 Å². The van der Waals surface area contributed by atoms with Gasteiger partial charge in [0.25, 0.3) is 0 Å². The molecule has 0 N–H and O–H groups in total. The van der Waals surface area contributed by atoms with Crippen LogP contribution in [0.1, 0.15) is 0 Å². The second-order valence-corrected chi connectivity index (χ2v) is 23.0. The molecule has 0 fully saturated rings. The minimum atomic E-state index is 0.571. The van der Waals surface area contributed by atoms with Crippen LogP contribution in [0.3, 0.4) is 0 Å². The predicted molar refractivity (Wildman–Crippen MR) is 358 cm³/mol. The molecule has 0 amide bonds. The molecule has 10 heteroatoms. The Labute approximate surface area is 508 Å². The molecule has 88 heavy (non-hydrogen) atoms. The Balaban J connectivity index is 0.724. The van der Waals surface area contributed by atoms with Crippen molar-refractivity contribution in [2.45, 2.75) is 0 Å². The summed E-state index contributed by atoms with van der Waals surface area (Å²) in [5.41, 5.74) is 17.9. The Morgan fingerprint density at radius 2 is 0.682 bits per heavy atom. The van der Waals surface area contributed by atoms with Crippen molar-refractivity contribution in [2.75, 3.05) is 0 Å². The first kappa shape index (κ1) is 50.8. The van der Waals surface area contributed by atoms with Gasteiger partial charge in [0.15, 0.2) is 34.9 Å². The van der Waals surface area contributed by atoms with E-state index in [1.807, 2.05) is 103 Å². The molecule has 0 aliphatic heterocycles. The van der Waals surface area contributed by atoms with Crippen LogP contribution in [0.25, 0.3) is 177 Å². The highest BCUT2D eigenvalue weighted by Crippen LogP contribution is 2.43. The van der Waals surface area contributed by atoms with Crippen LogP contribution in [-0.4, -0.2) is 39.9 Å². The monoisotopic (exact) mass is 1140 g/mol. The van der Waals surface area contributed by atoms with Gasteiger partial charge in [-0.3, -0.25) is 0 Å². The number of aromatic nitrogens is 8. The summed E-state index contributed by atoms with van der Waals surface area (Å²) in [6.45, 7) is 0. The fraction of sp³-hybridized carbons (Fsp3) is 0. The number of hydrogen-bond donors (Lipinski definition) is 0. The molecule has 0 aliphatic rings. The van der Waals surface area contributed by atoms with E-state index in [0.717, 1.165) is 122 Å². The number of para-hydroxylation sites is 1. The minimum Gasteiger partial charge on any atom is -0.438 e. The van der Waals surface area contributed by atoms with Crippen molar-refractivity contribution in [1.29, 1.82) is 0 Å². The van der Waals surface area contributed by atoms with E-state index in [0.29, 0.717) is 40.7 Å². The molecule has 0 radical (unpaired) electrons. The third-order valence-corrected chi connectivity index (χ3v) is 17.5. The number of benzene rings is 11. The molecule has 17 aromatic rings. The molecule has 0 atom stereocenters. The van der Waals surface area contributed by atoms with Gasteiger partial charge in [-0.05, 0) is 93.5 Å². The molecule has 11 aromatic carbocycles. The molecule has 9 nitrogen and oxygen atoms in total. The molecule has 0 saturated carbocycles. The summed E-state index contributed by atoms with van der Waals surface area (Å²) >= 11 is 1.79. The normalized spacial score (nSPS) is 11.6. The van der Waals surface area contributed by atoms with Crippen LogP contribution in [-0.2, 0) is 0 Å². The van der Waals surface area contributed by atoms with Crippen LogP contribution < -0.4 is 0 Å². The Kier molecular flexibility index (Phi) is 12.2. The summed E-state index contributed by atoms with van der Waals surface area (Å²) < 4.78 is 9.05. The summed E-state index contributed by atoms with van der Waals surface area (Å²) in [7, 11) is 0. The number of thiophene rings is 1. The lowest BCUT2D eigenvalue weighted by Gasteiger charge is -2.13. The van der Waals surface area contributed by atoms with E-state index in [2.05, 4.69) is 176 Å². The van der Waals surface area contributed by atoms with Crippen molar-refractivity contribution in [1.82, 2.24) is 39.9 Å². The lowest BCUT2D eigenvalue weighted by molar-refractivity contribution is 0.656. The van der Waals surface area contributed by atoms with E-state index < -0.39 is 0 Å². The highest BCUT2D eigenvalue weighted by Gasteiger charge is 2.21. The molecule has 0 spiro atoms. The third kappa shape index (κ3) is 9.19. The number of furan rings is 1. The zero-order valence-electron chi connectivity index (χ0n) is 47.0. The highest BCUT2D eigenvalue weighted by molar-refractivity contribution is 7.25. The maximum atomic E-state index is 6.61. The van der Waals surface area contributed by atoms with Crippen LogP contribution in [0.2, 0.25) is 0 Å². The first-order valence-corrected chi connectivity index (χ1v) is 29.9. The summed E-state index contributed by atoms with van der Waals surface area (Å²) in [5, 5.41) is 5.28. The molecule has 0 unspecified atom stereocenters. The summed E-state index contributed by atoms with van der Waals surface area (Å²) in [6, 6.07) is 96.2. The lowest BCUT2D eigenvalue weighted by Crippen LogP contribution is -2.00. The van der Waals surface area contributed by atoms with Crippen LogP contribution in [0.4, 0.5) is 0 Å². The fourth-order valence-electron chi connectivity index (χ4n) is 12.0. The van der Waals surface area contributed by atoms with E-state index in [-0.39, 0.29) is 0 Å². The van der Waals surface area contributed by atoms with Crippen molar-refractivity contribution >= 4 is 75.5 Å². The van der Waals surface area contributed by atoms with Crippen molar-refractivity contribution in [2.24, 2.45) is 0 Å². The molecular formula is C78H46N8OS. The first-order chi connectivity index (χ1) is 43.5.